The van der Waals surface area contributed by atoms with E-state index in [1.54, 1.807) is 31.6 Å². The minimum atomic E-state index is -0.234. The molecule has 6 nitrogen and oxygen atoms in total. The van der Waals surface area contributed by atoms with Crippen LogP contribution in [0.4, 0.5) is 16.0 Å². The first kappa shape index (κ1) is 17.6. The number of anilines is 2. The summed E-state index contributed by atoms with van der Waals surface area (Å²) in [7, 11) is 0. The number of halogens is 1. The Kier molecular flexibility index (Phi) is 4.61. The highest BCUT2D eigenvalue weighted by Crippen LogP contribution is 2.30. The molecule has 4 rings (SSSR count). The molecule has 7 heteroatoms. The first-order chi connectivity index (χ1) is 13.0. The number of fused-ring (bicyclic) bond motifs is 1. The molecule has 1 atom stereocenters. The van der Waals surface area contributed by atoms with Gasteiger partial charge in [-0.2, -0.15) is 0 Å². The first-order valence-electron chi connectivity index (χ1n) is 9.16. The molecule has 0 saturated carbocycles. The summed E-state index contributed by atoms with van der Waals surface area (Å²) in [5.41, 5.74) is 8.49. The zero-order chi connectivity index (χ0) is 19.0. The molecule has 140 valence electrons. The van der Waals surface area contributed by atoms with E-state index < -0.39 is 0 Å². The third kappa shape index (κ3) is 3.30. The quantitative estimate of drug-likeness (QED) is 0.769. The van der Waals surface area contributed by atoms with Crippen LogP contribution in [0.1, 0.15) is 24.1 Å². The van der Waals surface area contributed by atoms with Crippen LogP contribution in [0.25, 0.3) is 10.9 Å². The average Bonchev–Trinajstić information content (AvgIpc) is 2.71. The number of hydrogen-bond donors (Lipinski definition) is 1. The van der Waals surface area contributed by atoms with Gasteiger partial charge in [0.25, 0.3) is 0 Å². The number of rotatable bonds is 3. The van der Waals surface area contributed by atoms with E-state index in [1.165, 1.54) is 6.07 Å². The molecular formula is C20H23FN6. The molecule has 3 heterocycles. The van der Waals surface area contributed by atoms with Crippen LogP contribution in [0, 0.1) is 12.7 Å². The Hall–Kier alpha value is -2.80. The highest BCUT2D eigenvalue weighted by molar-refractivity contribution is 5.85. The maximum Gasteiger partial charge on any atom is 0.147 e. The van der Waals surface area contributed by atoms with Crippen molar-refractivity contribution in [1.29, 1.82) is 0 Å². The smallest absolute Gasteiger partial charge is 0.147 e. The number of pyridine rings is 1. The van der Waals surface area contributed by atoms with E-state index in [2.05, 4.69) is 19.8 Å². The minimum Gasteiger partial charge on any atom is -0.353 e. The lowest BCUT2D eigenvalue weighted by atomic mass is 10.0. The fraction of sp³-hybridized carbons (Fsp3) is 0.350. The maximum atomic E-state index is 14.0. The summed E-state index contributed by atoms with van der Waals surface area (Å²) in [4.78, 5) is 17.8. The number of hydrogen-bond acceptors (Lipinski definition) is 6. The summed E-state index contributed by atoms with van der Waals surface area (Å²) in [6.45, 7) is 6.95. The minimum absolute atomic E-state index is 0.153. The van der Waals surface area contributed by atoms with Crippen LogP contribution in [0.15, 0.2) is 36.8 Å². The molecule has 3 aromatic rings. The third-order valence-corrected chi connectivity index (χ3v) is 5.13. The second-order valence-electron chi connectivity index (χ2n) is 6.97. The van der Waals surface area contributed by atoms with Crippen molar-refractivity contribution >= 4 is 22.5 Å². The molecule has 0 unspecified atom stereocenters. The van der Waals surface area contributed by atoms with Gasteiger partial charge < -0.3 is 15.5 Å². The van der Waals surface area contributed by atoms with Gasteiger partial charge in [0.2, 0.25) is 0 Å². The predicted molar refractivity (Wildman–Crippen MR) is 105 cm³/mol. The van der Waals surface area contributed by atoms with Crippen molar-refractivity contribution in [2.24, 2.45) is 5.73 Å². The van der Waals surface area contributed by atoms with E-state index in [0.29, 0.717) is 11.1 Å². The van der Waals surface area contributed by atoms with E-state index >= 15 is 0 Å². The van der Waals surface area contributed by atoms with Crippen molar-refractivity contribution in [2.45, 2.75) is 19.9 Å². The monoisotopic (exact) mass is 366 g/mol. The molecule has 27 heavy (non-hydrogen) atoms. The molecule has 0 bridgehead atoms. The first-order valence-corrected chi connectivity index (χ1v) is 9.16. The van der Waals surface area contributed by atoms with Crippen molar-refractivity contribution in [1.82, 2.24) is 15.0 Å². The Morgan fingerprint density at radius 2 is 1.85 bits per heavy atom. The van der Waals surface area contributed by atoms with Crippen LogP contribution in [0.2, 0.25) is 0 Å². The number of nitrogens with two attached hydrogens (primary N) is 1. The van der Waals surface area contributed by atoms with E-state index in [1.807, 2.05) is 13.0 Å². The molecule has 1 fully saturated rings. The van der Waals surface area contributed by atoms with Crippen LogP contribution in [-0.2, 0) is 0 Å². The summed E-state index contributed by atoms with van der Waals surface area (Å²) >= 11 is 0. The van der Waals surface area contributed by atoms with Crippen LogP contribution < -0.4 is 15.5 Å². The Labute approximate surface area is 157 Å². The van der Waals surface area contributed by atoms with Crippen molar-refractivity contribution in [3.8, 4) is 0 Å². The van der Waals surface area contributed by atoms with E-state index in [-0.39, 0.29) is 11.9 Å². The molecule has 0 spiro atoms. The number of piperazine rings is 1. The average molecular weight is 366 g/mol. The summed E-state index contributed by atoms with van der Waals surface area (Å²) in [6.07, 6.45) is 5.16. The van der Waals surface area contributed by atoms with Gasteiger partial charge in [0.15, 0.2) is 0 Å². The predicted octanol–water partition coefficient (Wildman–Crippen LogP) is 2.82. The van der Waals surface area contributed by atoms with Crippen molar-refractivity contribution < 1.29 is 4.39 Å². The summed E-state index contributed by atoms with van der Waals surface area (Å²) < 4.78 is 14.0. The standard InChI is InChI=1S/C20H23FN6/c1-13-17(21)4-3-15-11-16(14(2)22)20(25-19(13)15)27-9-7-26(8-10-27)18-12-23-5-6-24-18/h3-6,11-12,14H,7-10,22H2,1-2H3/t14-/m0/s1. The Bertz CT molecular complexity index is 952. The van der Waals surface area contributed by atoms with E-state index in [4.69, 9.17) is 10.7 Å². The topological polar surface area (TPSA) is 71.2 Å². The highest BCUT2D eigenvalue weighted by Gasteiger charge is 2.23. The van der Waals surface area contributed by atoms with Crippen LogP contribution in [-0.4, -0.2) is 41.1 Å². The van der Waals surface area contributed by atoms with Gasteiger partial charge in [-0.05, 0) is 32.0 Å². The van der Waals surface area contributed by atoms with Crippen molar-refractivity contribution in [3.05, 3.63) is 53.7 Å². The third-order valence-electron chi connectivity index (χ3n) is 5.13. The summed E-state index contributed by atoms with van der Waals surface area (Å²) in [5, 5.41) is 0.920. The van der Waals surface area contributed by atoms with Gasteiger partial charge >= 0.3 is 0 Å². The Morgan fingerprint density at radius 1 is 1.11 bits per heavy atom. The van der Waals surface area contributed by atoms with Gasteiger partial charge in [-0.1, -0.05) is 0 Å². The van der Waals surface area contributed by atoms with Crippen LogP contribution in [0.3, 0.4) is 0 Å². The Morgan fingerprint density at radius 3 is 2.52 bits per heavy atom. The molecule has 1 saturated heterocycles. The van der Waals surface area contributed by atoms with E-state index in [0.717, 1.165) is 48.8 Å². The number of nitrogens with zero attached hydrogens (tertiary/aromatic N) is 5. The fourth-order valence-electron chi connectivity index (χ4n) is 3.55. The SMILES string of the molecule is Cc1c(F)ccc2cc([C@H](C)N)c(N3CCN(c4cnccn4)CC3)nc12. The zero-order valence-electron chi connectivity index (χ0n) is 15.6. The number of benzene rings is 1. The van der Waals surface area contributed by atoms with Gasteiger partial charge in [-0.25, -0.2) is 14.4 Å². The lowest BCUT2D eigenvalue weighted by Gasteiger charge is -2.37. The fourth-order valence-corrected chi connectivity index (χ4v) is 3.55. The maximum absolute atomic E-state index is 14.0. The molecule has 0 amide bonds. The second-order valence-corrected chi connectivity index (χ2v) is 6.97. The van der Waals surface area contributed by atoms with E-state index in [9.17, 15) is 4.39 Å². The van der Waals surface area contributed by atoms with Crippen LogP contribution in [0.5, 0.6) is 0 Å². The molecule has 1 aliphatic rings. The molecule has 0 aliphatic carbocycles. The second kappa shape index (κ2) is 7.08. The van der Waals surface area contributed by atoms with Gasteiger partial charge in [0, 0.05) is 61.1 Å². The Balaban J connectivity index is 1.67. The van der Waals surface area contributed by atoms with Crippen molar-refractivity contribution in [3.63, 3.8) is 0 Å². The summed E-state index contributed by atoms with van der Waals surface area (Å²) in [5.74, 6) is 1.50. The molecule has 2 aromatic heterocycles. The molecular weight excluding hydrogens is 343 g/mol. The lowest BCUT2D eigenvalue weighted by Crippen LogP contribution is -2.47. The zero-order valence-corrected chi connectivity index (χ0v) is 15.6. The van der Waals surface area contributed by atoms with Gasteiger partial charge in [0.1, 0.15) is 17.5 Å². The van der Waals surface area contributed by atoms with Crippen LogP contribution >= 0.6 is 0 Å². The molecule has 1 aromatic carbocycles. The van der Waals surface area contributed by atoms with Crippen molar-refractivity contribution in [2.75, 3.05) is 36.0 Å². The van der Waals surface area contributed by atoms with Gasteiger partial charge in [-0.15, -0.1) is 0 Å². The number of aryl methyl sites for hydroxylation is 1. The highest BCUT2D eigenvalue weighted by atomic mass is 19.1. The number of aromatic nitrogens is 3. The lowest BCUT2D eigenvalue weighted by molar-refractivity contribution is 0.619. The van der Waals surface area contributed by atoms with Gasteiger partial charge in [0.05, 0.1) is 11.7 Å². The molecule has 2 N–H and O–H groups in total. The summed E-state index contributed by atoms with van der Waals surface area (Å²) in [6, 6.07) is 5.15. The molecule has 0 radical (unpaired) electrons. The largest absolute Gasteiger partial charge is 0.353 e. The normalized spacial score (nSPS) is 16.0. The van der Waals surface area contributed by atoms with Gasteiger partial charge in [-0.3, -0.25) is 4.98 Å². The molecule has 1 aliphatic heterocycles.